The van der Waals surface area contributed by atoms with Crippen molar-refractivity contribution in [2.45, 2.75) is 31.5 Å². The largest absolute Gasteiger partial charge is 0.346 e. The molecule has 3 aliphatic heterocycles. The van der Waals surface area contributed by atoms with Crippen molar-refractivity contribution < 1.29 is 15.7 Å². The van der Waals surface area contributed by atoms with Gasteiger partial charge in [-0.05, 0) is 24.8 Å². The zero-order chi connectivity index (χ0) is 15.0. The van der Waals surface area contributed by atoms with E-state index in [4.69, 9.17) is 9.47 Å². The van der Waals surface area contributed by atoms with E-state index in [1.54, 1.807) is 0 Å². The molecule has 4 aliphatic rings. The first-order chi connectivity index (χ1) is 10.8. The second-order valence-corrected chi connectivity index (χ2v) is 6.69. The summed E-state index contributed by atoms with van der Waals surface area (Å²) in [7, 11) is 0. The number of carbonyl (C=O) groups excluding carboxylic acids is 1. The molecule has 2 spiro atoms. The van der Waals surface area contributed by atoms with Gasteiger partial charge < -0.3 is 19.7 Å². The van der Waals surface area contributed by atoms with Gasteiger partial charge in [-0.3, -0.25) is 4.79 Å². The molecule has 1 atom stereocenters. The summed E-state index contributed by atoms with van der Waals surface area (Å²) in [4.78, 5) is 15.2. The van der Waals surface area contributed by atoms with Crippen LogP contribution in [0.4, 0.5) is 0 Å². The molecule has 0 saturated carbocycles. The first-order valence-electron chi connectivity index (χ1n) is 8.39. The number of rotatable bonds is 2. The molecule has 0 aromatic rings. The molecule has 3 fully saturated rings. The van der Waals surface area contributed by atoms with Gasteiger partial charge in [0.15, 0.2) is 5.79 Å². The van der Waals surface area contributed by atoms with Crippen LogP contribution in [0, 0.1) is 5.41 Å². The summed E-state index contributed by atoms with van der Waals surface area (Å²) in [5, 5.41) is 3.39. The van der Waals surface area contributed by atoms with Crippen molar-refractivity contribution in [1.82, 2.24) is 10.2 Å². The Kier molecular flexibility index (Phi) is 3.59. The van der Waals surface area contributed by atoms with Crippen LogP contribution >= 0.6 is 0 Å². The van der Waals surface area contributed by atoms with Gasteiger partial charge in [-0.25, -0.2) is 0 Å². The molecule has 22 heavy (non-hydrogen) atoms. The van der Waals surface area contributed by atoms with Gasteiger partial charge in [0, 0.05) is 34.0 Å². The van der Waals surface area contributed by atoms with Gasteiger partial charge in [0.05, 0.1) is 13.2 Å². The molecule has 5 nitrogen and oxygen atoms in total. The number of likely N-dealkylation sites (tertiary alicyclic amines) is 1. The van der Waals surface area contributed by atoms with Gasteiger partial charge in [0.25, 0.3) is 0 Å². The molecular weight excluding hydrogens is 280 g/mol. The van der Waals surface area contributed by atoms with Crippen molar-refractivity contribution in [3.05, 3.63) is 23.8 Å². The van der Waals surface area contributed by atoms with Crippen LogP contribution in [0.3, 0.4) is 0 Å². The van der Waals surface area contributed by atoms with Gasteiger partial charge in [0.1, 0.15) is 5.41 Å². The molecule has 1 unspecified atom stereocenters. The van der Waals surface area contributed by atoms with Crippen LogP contribution in [0.2, 0.25) is 0 Å². The Morgan fingerprint density at radius 1 is 1.27 bits per heavy atom. The van der Waals surface area contributed by atoms with Crippen molar-refractivity contribution in [2.75, 3.05) is 39.4 Å². The Hall–Kier alpha value is -1.17. The lowest BCUT2D eigenvalue weighted by atomic mass is 9.73. The number of piperidine rings is 1. The van der Waals surface area contributed by atoms with Crippen molar-refractivity contribution in [3.63, 3.8) is 0 Å². The van der Waals surface area contributed by atoms with E-state index in [9.17, 15) is 4.79 Å². The monoisotopic (exact) mass is 306 g/mol. The first kappa shape index (κ1) is 14.4. The summed E-state index contributed by atoms with van der Waals surface area (Å²) >= 11 is 0. The summed E-state index contributed by atoms with van der Waals surface area (Å²) in [5.74, 6) is -0.498. The molecule has 0 aromatic carbocycles. The third kappa shape index (κ3) is 2.07. The molecule has 3 heterocycles. The number of fused-ring (bicyclic) bond motifs is 1. The van der Waals surface area contributed by atoms with E-state index < -0.39 is 11.2 Å². The van der Waals surface area contributed by atoms with Crippen LogP contribution in [0.5, 0.6) is 0 Å². The van der Waals surface area contributed by atoms with Crippen LogP contribution in [0.1, 0.15) is 27.1 Å². The molecule has 0 radical (unpaired) electrons. The number of nitrogens with one attached hydrogen (secondary N) is 1. The van der Waals surface area contributed by atoms with Gasteiger partial charge >= 0.3 is 0 Å². The topological polar surface area (TPSA) is 50.8 Å². The minimum absolute atomic E-state index is 0. The van der Waals surface area contributed by atoms with Crippen molar-refractivity contribution in [2.24, 2.45) is 5.41 Å². The molecule has 0 aromatic heterocycles. The number of amides is 1. The van der Waals surface area contributed by atoms with E-state index in [-0.39, 0.29) is 7.33 Å². The Bertz CT molecular complexity index is 528. The quantitative estimate of drug-likeness (QED) is 0.839. The van der Waals surface area contributed by atoms with Gasteiger partial charge in [-0.1, -0.05) is 18.2 Å². The summed E-state index contributed by atoms with van der Waals surface area (Å²) in [6.45, 7) is 4.22. The van der Waals surface area contributed by atoms with E-state index >= 15 is 0 Å². The zero-order valence-electron chi connectivity index (χ0n) is 13.0. The van der Waals surface area contributed by atoms with Gasteiger partial charge in [-0.15, -0.1) is 0 Å². The summed E-state index contributed by atoms with van der Waals surface area (Å²) in [5.41, 5.74) is 0.712. The van der Waals surface area contributed by atoms with Gasteiger partial charge in [0.2, 0.25) is 5.91 Å². The molecule has 5 heteroatoms. The molecular formula is C17H26N2O3. The summed E-state index contributed by atoms with van der Waals surface area (Å²) in [6.07, 6.45) is 10.4. The standard InChI is InChI=1S/C17H24N2O3.H2/c20-15-16(13-18-8-6-17(16)21-10-11-22-17)7-9-19(15)12-14-4-2-1-3-5-14;/h2,4-5,18H,1,3,6-13H2;1H. The van der Waals surface area contributed by atoms with Crippen LogP contribution in [0.25, 0.3) is 0 Å². The average molecular weight is 306 g/mol. The van der Waals surface area contributed by atoms with E-state index in [0.717, 1.165) is 38.8 Å². The lowest BCUT2D eigenvalue weighted by Crippen LogP contribution is -2.63. The molecule has 1 amide bonds. The Labute approximate surface area is 132 Å². The van der Waals surface area contributed by atoms with Crippen LogP contribution in [-0.4, -0.2) is 56.0 Å². The second kappa shape index (κ2) is 5.48. The smallest absolute Gasteiger partial charge is 0.235 e. The Balaban J connectivity index is 0.00000156. The maximum absolute atomic E-state index is 13.2. The van der Waals surface area contributed by atoms with E-state index in [2.05, 4.69) is 23.5 Å². The number of nitrogens with zero attached hydrogens (tertiary/aromatic N) is 1. The molecule has 0 bridgehead atoms. The summed E-state index contributed by atoms with van der Waals surface area (Å²) in [6, 6.07) is 0. The van der Waals surface area contributed by atoms with Crippen molar-refractivity contribution in [1.29, 1.82) is 0 Å². The maximum Gasteiger partial charge on any atom is 0.235 e. The number of carbonyl (C=O) groups is 1. The lowest BCUT2D eigenvalue weighted by molar-refractivity contribution is -0.242. The molecule has 122 valence electrons. The fourth-order valence-corrected chi connectivity index (χ4v) is 4.31. The predicted octanol–water partition coefficient (Wildman–Crippen LogP) is 1.46. The SMILES string of the molecule is O=C1N(CC2=CCCC=C2)CCC12CNCCC21OCCO1.[HH]. The third-order valence-electron chi connectivity index (χ3n) is 5.49. The zero-order valence-corrected chi connectivity index (χ0v) is 13.0. The normalized spacial score (nSPS) is 33.9. The van der Waals surface area contributed by atoms with E-state index in [0.29, 0.717) is 26.3 Å². The highest BCUT2D eigenvalue weighted by Gasteiger charge is 2.64. The molecule has 3 saturated heterocycles. The maximum atomic E-state index is 13.2. The predicted molar refractivity (Wildman–Crippen MR) is 84.3 cm³/mol. The van der Waals surface area contributed by atoms with Crippen molar-refractivity contribution in [3.8, 4) is 0 Å². The van der Waals surface area contributed by atoms with Crippen LogP contribution < -0.4 is 5.32 Å². The Morgan fingerprint density at radius 3 is 2.91 bits per heavy atom. The van der Waals surface area contributed by atoms with Crippen LogP contribution in [-0.2, 0) is 14.3 Å². The fraction of sp³-hybridized carbons (Fsp3) is 0.706. The number of ether oxygens (including phenoxy) is 2. The second-order valence-electron chi connectivity index (χ2n) is 6.69. The highest BCUT2D eigenvalue weighted by Crippen LogP contribution is 2.49. The highest BCUT2D eigenvalue weighted by molar-refractivity contribution is 5.87. The van der Waals surface area contributed by atoms with E-state index in [1.165, 1.54) is 5.57 Å². The number of hydrogen-bond donors (Lipinski definition) is 1. The fourth-order valence-electron chi connectivity index (χ4n) is 4.31. The van der Waals surface area contributed by atoms with E-state index in [1.807, 2.05) is 4.90 Å². The minimum Gasteiger partial charge on any atom is -0.346 e. The highest BCUT2D eigenvalue weighted by atomic mass is 16.7. The van der Waals surface area contributed by atoms with Gasteiger partial charge in [-0.2, -0.15) is 0 Å². The lowest BCUT2D eigenvalue weighted by Gasteiger charge is -2.46. The average Bonchev–Trinajstić information content (AvgIpc) is 3.13. The Morgan fingerprint density at radius 2 is 2.14 bits per heavy atom. The number of allylic oxidation sites excluding steroid dienone is 2. The number of hydrogen-bond acceptors (Lipinski definition) is 4. The summed E-state index contributed by atoms with van der Waals surface area (Å²) < 4.78 is 12.0. The first-order valence-corrected chi connectivity index (χ1v) is 8.39. The third-order valence-corrected chi connectivity index (χ3v) is 5.49. The molecule has 4 rings (SSSR count). The molecule has 1 N–H and O–H groups in total. The van der Waals surface area contributed by atoms with Crippen LogP contribution in [0.15, 0.2) is 23.8 Å². The molecule has 1 aliphatic carbocycles. The van der Waals surface area contributed by atoms with Crippen molar-refractivity contribution >= 4 is 5.91 Å². The minimum atomic E-state index is -0.694.